The molecular weight excluding hydrogens is 462 g/mol. The highest BCUT2D eigenvalue weighted by Crippen LogP contribution is 2.47. The number of rotatable bonds is 7. The standard InChI is InChI=1S/C27H33N3O4S/c1-17-14-25(34-2)23(22-10-12-28-26(17)22)16-30-13-11-21(18-4-5-18)15-24(30)19-6-8-20(9-7-19)27(31)29-35(3,32)33/h6-10,12,14,18,21,24,28H,4-5,11,13,15-16H2,1-3H3,(H,29,31)/t21?,24-/m0/s1. The molecule has 2 N–H and O–H groups in total. The van der Waals surface area contributed by atoms with Gasteiger partial charge in [-0.15, -0.1) is 0 Å². The van der Waals surface area contributed by atoms with Crippen LogP contribution >= 0.6 is 0 Å². The lowest BCUT2D eigenvalue weighted by atomic mass is 9.83. The third kappa shape index (κ3) is 5.09. The van der Waals surface area contributed by atoms with E-state index >= 15 is 0 Å². The number of methoxy groups -OCH3 is 1. The number of H-pyrrole nitrogens is 1. The molecule has 2 fully saturated rings. The Morgan fingerprint density at radius 2 is 1.89 bits per heavy atom. The number of nitrogens with one attached hydrogen (secondary N) is 2. The number of hydrogen-bond acceptors (Lipinski definition) is 5. The van der Waals surface area contributed by atoms with Crippen molar-refractivity contribution in [1.82, 2.24) is 14.6 Å². The van der Waals surface area contributed by atoms with Crippen molar-refractivity contribution >= 4 is 26.8 Å². The monoisotopic (exact) mass is 495 g/mol. The van der Waals surface area contributed by atoms with E-state index in [0.717, 1.165) is 60.0 Å². The second-order valence-electron chi connectivity index (χ2n) is 10.1. The van der Waals surface area contributed by atoms with Crippen molar-refractivity contribution in [3.8, 4) is 5.75 Å². The van der Waals surface area contributed by atoms with Gasteiger partial charge in [-0.2, -0.15) is 0 Å². The molecule has 1 aliphatic carbocycles. The minimum absolute atomic E-state index is 0.223. The molecule has 186 valence electrons. The number of fused-ring (bicyclic) bond motifs is 1. The highest BCUT2D eigenvalue weighted by Gasteiger charge is 2.38. The zero-order chi connectivity index (χ0) is 24.7. The first kappa shape index (κ1) is 23.9. The second kappa shape index (κ2) is 9.32. The van der Waals surface area contributed by atoms with Gasteiger partial charge in [0.2, 0.25) is 10.0 Å². The van der Waals surface area contributed by atoms with Crippen LogP contribution in [0.5, 0.6) is 5.75 Å². The predicted molar refractivity (Wildman–Crippen MR) is 137 cm³/mol. The molecule has 3 aromatic rings. The maximum atomic E-state index is 12.3. The van der Waals surface area contributed by atoms with Crippen LogP contribution in [-0.2, 0) is 16.6 Å². The average molecular weight is 496 g/mol. The normalized spacial score (nSPS) is 21.2. The van der Waals surface area contributed by atoms with E-state index < -0.39 is 15.9 Å². The Morgan fingerprint density at radius 1 is 1.14 bits per heavy atom. The van der Waals surface area contributed by atoms with Gasteiger partial charge >= 0.3 is 0 Å². The summed E-state index contributed by atoms with van der Waals surface area (Å²) in [6, 6.07) is 11.9. The van der Waals surface area contributed by atoms with E-state index in [-0.39, 0.29) is 6.04 Å². The highest BCUT2D eigenvalue weighted by molar-refractivity contribution is 7.89. The Balaban J connectivity index is 1.45. The highest BCUT2D eigenvalue weighted by atomic mass is 32.2. The number of sulfonamides is 1. The number of benzene rings is 2. The zero-order valence-electron chi connectivity index (χ0n) is 20.5. The van der Waals surface area contributed by atoms with Crippen LogP contribution in [0.1, 0.15) is 58.8 Å². The van der Waals surface area contributed by atoms with Gasteiger partial charge in [-0.25, -0.2) is 13.1 Å². The summed E-state index contributed by atoms with van der Waals surface area (Å²) in [5.74, 6) is 1.86. The number of ether oxygens (including phenoxy) is 1. The van der Waals surface area contributed by atoms with Crippen LogP contribution in [0.4, 0.5) is 0 Å². The number of aryl methyl sites for hydroxylation is 1. The Kier molecular flexibility index (Phi) is 6.36. The molecule has 1 saturated heterocycles. The van der Waals surface area contributed by atoms with Crippen molar-refractivity contribution < 1.29 is 17.9 Å². The summed E-state index contributed by atoms with van der Waals surface area (Å²) in [4.78, 5) is 18.2. The summed E-state index contributed by atoms with van der Waals surface area (Å²) in [5, 5.41) is 1.19. The van der Waals surface area contributed by atoms with Crippen molar-refractivity contribution in [3.63, 3.8) is 0 Å². The molecule has 0 bridgehead atoms. The molecule has 2 aromatic carbocycles. The van der Waals surface area contributed by atoms with Crippen LogP contribution in [0.2, 0.25) is 0 Å². The molecule has 1 amide bonds. The number of carbonyl (C=O) groups excluding carboxylic acids is 1. The summed E-state index contributed by atoms with van der Waals surface area (Å²) in [5.41, 5.74) is 4.99. The lowest BCUT2D eigenvalue weighted by Crippen LogP contribution is -2.37. The number of hydrogen-bond donors (Lipinski definition) is 2. The van der Waals surface area contributed by atoms with E-state index in [4.69, 9.17) is 4.74 Å². The lowest BCUT2D eigenvalue weighted by molar-refractivity contribution is 0.0951. The van der Waals surface area contributed by atoms with E-state index in [1.54, 1.807) is 19.2 Å². The Morgan fingerprint density at radius 3 is 2.54 bits per heavy atom. The van der Waals surface area contributed by atoms with E-state index in [2.05, 4.69) is 28.9 Å². The smallest absolute Gasteiger partial charge is 0.264 e. The number of nitrogens with zero attached hydrogens (tertiary/aromatic N) is 1. The quantitative estimate of drug-likeness (QED) is 0.502. The van der Waals surface area contributed by atoms with Crippen LogP contribution in [0.3, 0.4) is 0 Å². The number of amides is 1. The minimum Gasteiger partial charge on any atom is -0.496 e. The molecule has 1 saturated carbocycles. The van der Waals surface area contributed by atoms with Crippen molar-refractivity contribution in [3.05, 3.63) is 64.8 Å². The summed E-state index contributed by atoms with van der Waals surface area (Å²) in [7, 11) is -1.87. The summed E-state index contributed by atoms with van der Waals surface area (Å²) in [6.45, 7) is 3.87. The van der Waals surface area contributed by atoms with Gasteiger partial charge in [-0.1, -0.05) is 12.1 Å². The van der Waals surface area contributed by atoms with Gasteiger partial charge in [0.25, 0.3) is 5.91 Å². The molecule has 0 radical (unpaired) electrons. The van der Waals surface area contributed by atoms with E-state index in [9.17, 15) is 13.2 Å². The van der Waals surface area contributed by atoms with Crippen LogP contribution < -0.4 is 9.46 Å². The summed E-state index contributed by atoms with van der Waals surface area (Å²) in [6.07, 6.45) is 7.91. The number of likely N-dealkylation sites (tertiary alicyclic amines) is 1. The van der Waals surface area contributed by atoms with Gasteiger partial charge < -0.3 is 9.72 Å². The van der Waals surface area contributed by atoms with Gasteiger partial charge in [0, 0.05) is 40.8 Å². The third-order valence-electron chi connectivity index (χ3n) is 7.57. The zero-order valence-corrected chi connectivity index (χ0v) is 21.3. The van der Waals surface area contributed by atoms with Gasteiger partial charge in [0.05, 0.1) is 13.4 Å². The average Bonchev–Trinajstić information content (AvgIpc) is 3.55. The van der Waals surface area contributed by atoms with Crippen molar-refractivity contribution in [2.24, 2.45) is 11.8 Å². The molecule has 5 rings (SSSR count). The van der Waals surface area contributed by atoms with E-state index in [1.807, 2.05) is 23.1 Å². The van der Waals surface area contributed by atoms with Gasteiger partial charge in [0.1, 0.15) is 5.75 Å². The second-order valence-corrected chi connectivity index (χ2v) is 11.8. The van der Waals surface area contributed by atoms with Gasteiger partial charge in [0.15, 0.2) is 0 Å². The summed E-state index contributed by atoms with van der Waals surface area (Å²) >= 11 is 0. The number of piperidine rings is 1. The molecule has 2 aliphatic rings. The minimum atomic E-state index is -3.60. The van der Waals surface area contributed by atoms with Gasteiger partial charge in [-0.05, 0) is 86.4 Å². The first-order valence-corrected chi connectivity index (χ1v) is 14.1. The number of carbonyl (C=O) groups is 1. The van der Waals surface area contributed by atoms with Crippen molar-refractivity contribution in [1.29, 1.82) is 0 Å². The predicted octanol–water partition coefficient (Wildman–Crippen LogP) is 4.54. The van der Waals surface area contributed by atoms with Crippen molar-refractivity contribution in [2.75, 3.05) is 19.9 Å². The molecule has 35 heavy (non-hydrogen) atoms. The number of aromatic nitrogens is 1. The lowest BCUT2D eigenvalue weighted by Gasteiger charge is -2.40. The fourth-order valence-corrected chi connectivity index (χ4v) is 6.10. The Hall–Kier alpha value is -2.84. The SMILES string of the molecule is COc1cc(C)c2[nH]ccc2c1CN1CCC(C2CC2)C[C@H]1c1ccc(C(=O)NS(C)(=O)=O)cc1. The maximum absolute atomic E-state index is 12.3. The Labute approximate surface area is 206 Å². The molecule has 8 heteroatoms. The number of aromatic amines is 1. The maximum Gasteiger partial charge on any atom is 0.264 e. The topological polar surface area (TPSA) is 91.5 Å². The van der Waals surface area contributed by atoms with E-state index in [0.29, 0.717) is 5.56 Å². The molecule has 1 aromatic heterocycles. The molecule has 0 spiro atoms. The molecular formula is C27H33N3O4S. The fraction of sp³-hybridized carbons (Fsp3) is 0.444. The first-order valence-electron chi connectivity index (χ1n) is 12.2. The van der Waals surface area contributed by atoms with Crippen LogP contribution in [0.25, 0.3) is 10.9 Å². The molecule has 2 heterocycles. The first-order chi connectivity index (χ1) is 16.7. The van der Waals surface area contributed by atoms with Crippen LogP contribution in [0.15, 0.2) is 42.6 Å². The largest absolute Gasteiger partial charge is 0.496 e. The third-order valence-corrected chi connectivity index (χ3v) is 8.13. The van der Waals surface area contributed by atoms with Gasteiger partial charge in [-0.3, -0.25) is 9.69 Å². The molecule has 1 unspecified atom stereocenters. The van der Waals surface area contributed by atoms with Crippen LogP contribution in [-0.4, -0.2) is 44.1 Å². The Bertz CT molecular complexity index is 1340. The van der Waals surface area contributed by atoms with E-state index in [1.165, 1.54) is 30.2 Å². The van der Waals surface area contributed by atoms with Crippen molar-refractivity contribution in [2.45, 2.75) is 45.2 Å². The van der Waals surface area contributed by atoms with Crippen LogP contribution in [0, 0.1) is 18.8 Å². The molecule has 7 nitrogen and oxygen atoms in total. The fourth-order valence-electron chi connectivity index (χ4n) is 5.64. The molecule has 1 aliphatic heterocycles. The summed E-state index contributed by atoms with van der Waals surface area (Å²) < 4.78 is 30.7. The molecule has 2 atom stereocenters.